The van der Waals surface area contributed by atoms with Gasteiger partial charge in [0.1, 0.15) is 0 Å². The van der Waals surface area contributed by atoms with Crippen molar-refractivity contribution in [2.75, 3.05) is 5.32 Å². The van der Waals surface area contributed by atoms with Gasteiger partial charge >= 0.3 is 0 Å². The third kappa shape index (κ3) is 3.52. The number of rotatable bonds is 3. The highest BCUT2D eigenvalue weighted by molar-refractivity contribution is 5.85. The fourth-order valence-electron chi connectivity index (χ4n) is 4.31. The Balaban J connectivity index is 0.00000106. The second-order valence-corrected chi connectivity index (χ2v) is 8.00. The van der Waals surface area contributed by atoms with Crippen LogP contribution in [0.2, 0.25) is 0 Å². The van der Waals surface area contributed by atoms with Crippen LogP contribution in [0.15, 0.2) is 97.1 Å². The van der Waals surface area contributed by atoms with Gasteiger partial charge in [-0.15, -0.1) is 0 Å². The van der Waals surface area contributed by atoms with Crippen LogP contribution < -0.4 is 5.32 Å². The third-order valence-corrected chi connectivity index (χ3v) is 5.85. The number of anilines is 2. The second-order valence-electron chi connectivity index (χ2n) is 8.00. The predicted octanol–water partition coefficient (Wildman–Crippen LogP) is 8.43. The molecule has 4 aromatic rings. The van der Waals surface area contributed by atoms with Crippen molar-refractivity contribution in [2.24, 2.45) is 0 Å². The van der Waals surface area contributed by atoms with E-state index in [0.29, 0.717) is 0 Å². The zero-order chi connectivity index (χ0) is 21.1. The van der Waals surface area contributed by atoms with Crippen LogP contribution in [0.3, 0.4) is 0 Å². The molecule has 0 fully saturated rings. The molecule has 0 saturated carbocycles. The second kappa shape index (κ2) is 8.20. The average molecular weight is 392 g/mol. The maximum atomic E-state index is 3.54. The largest absolute Gasteiger partial charge is 0.356 e. The Labute approximate surface area is 180 Å². The Kier molecular flexibility index (Phi) is 5.46. The minimum atomic E-state index is -0.0240. The first-order valence-corrected chi connectivity index (χ1v) is 10.8. The maximum absolute atomic E-state index is 3.54. The fourth-order valence-corrected chi connectivity index (χ4v) is 4.31. The van der Waals surface area contributed by atoms with Crippen molar-refractivity contribution in [3.63, 3.8) is 0 Å². The van der Waals surface area contributed by atoms with E-state index in [0.717, 1.165) is 11.4 Å². The van der Waals surface area contributed by atoms with E-state index in [1.165, 1.54) is 33.4 Å². The zero-order valence-corrected chi connectivity index (χ0v) is 18.2. The van der Waals surface area contributed by atoms with E-state index in [4.69, 9.17) is 0 Å². The molecule has 5 rings (SSSR count). The number of fused-ring (bicyclic) bond motifs is 3. The van der Waals surface area contributed by atoms with Crippen LogP contribution in [-0.4, -0.2) is 0 Å². The van der Waals surface area contributed by atoms with E-state index < -0.39 is 0 Å². The lowest BCUT2D eigenvalue weighted by atomic mass is 9.81. The molecule has 0 spiro atoms. The summed E-state index contributed by atoms with van der Waals surface area (Å²) < 4.78 is 0. The standard InChI is InChI=1S/C27H23N.C2H6/c1-27(2)25-17-20(19-9-5-3-6-10-19)13-15-23(25)24-16-14-22(18-26(24)27)28-21-11-7-4-8-12-21;1-2/h3-18,28H,1-2H3;1-2H3. The van der Waals surface area contributed by atoms with Gasteiger partial charge in [0.05, 0.1) is 0 Å². The Hall–Kier alpha value is -3.32. The summed E-state index contributed by atoms with van der Waals surface area (Å²) >= 11 is 0. The number of hydrogen-bond acceptors (Lipinski definition) is 1. The summed E-state index contributed by atoms with van der Waals surface area (Å²) in [5.74, 6) is 0. The minimum Gasteiger partial charge on any atom is -0.356 e. The molecule has 150 valence electrons. The Morgan fingerprint density at radius 1 is 0.533 bits per heavy atom. The average Bonchev–Trinajstić information content (AvgIpc) is 3.03. The molecule has 0 aliphatic heterocycles. The zero-order valence-electron chi connectivity index (χ0n) is 18.2. The van der Waals surface area contributed by atoms with Crippen molar-refractivity contribution in [3.8, 4) is 22.3 Å². The summed E-state index contributed by atoms with van der Waals surface area (Å²) in [5, 5.41) is 3.54. The molecule has 0 atom stereocenters. The van der Waals surface area contributed by atoms with Crippen molar-refractivity contribution in [2.45, 2.75) is 33.1 Å². The highest BCUT2D eigenvalue weighted by Crippen LogP contribution is 2.50. The van der Waals surface area contributed by atoms with Crippen LogP contribution in [0.4, 0.5) is 11.4 Å². The topological polar surface area (TPSA) is 12.0 Å². The molecule has 0 amide bonds. The van der Waals surface area contributed by atoms with Gasteiger partial charge in [-0.1, -0.05) is 94.4 Å². The van der Waals surface area contributed by atoms with Crippen LogP contribution in [0.25, 0.3) is 22.3 Å². The van der Waals surface area contributed by atoms with Gasteiger partial charge in [-0.25, -0.2) is 0 Å². The molecular formula is C29H29N. The van der Waals surface area contributed by atoms with Crippen LogP contribution in [0.1, 0.15) is 38.8 Å². The van der Waals surface area contributed by atoms with E-state index in [9.17, 15) is 0 Å². The first-order chi connectivity index (χ1) is 14.6. The van der Waals surface area contributed by atoms with E-state index in [1.54, 1.807) is 0 Å². The van der Waals surface area contributed by atoms with Gasteiger partial charge in [-0.2, -0.15) is 0 Å². The van der Waals surface area contributed by atoms with Crippen molar-refractivity contribution < 1.29 is 0 Å². The summed E-state index contributed by atoms with van der Waals surface area (Å²) in [6, 6.07) is 34.6. The number of hydrogen-bond donors (Lipinski definition) is 1. The monoisotopic (exact) mass is 391 g/mol. The van der Waals surface area contributed by atoms with Gasteiger partial charge in [0, 0.05) is 16.8 Å². The minimum absolute atomic E-state index is 0.0240. The highest BCUT2D eigenvalue weighted by atomic mass is 14.9. The smallest absolute Gasteiger partial charge is 0.0387 e. The van der Waals surface area contributed by atoms with Gasteiger partial charge in [-0.3, -0.25) is 0 Å². The lowest BCUT2D eigenvalue weighted by molar-refractivity contribution is 0.661. The van der Waals surface area contributed by atoms with Gasteiger partial charge in [0.2, 0.25) is 0 Å². The lowest BCUT2D eigenvalue weighted by Gasteiger charge is -2.22. The molecule has 0 unspecified atom stereocenters. The van der Waals surface area contributed by atoms with Crippen LogP contribution in [-0.2, 0) is 5.41 Å². The number of para-hydroxylation sites is 1. The van der Waals surface area contributed by atoms with Crippen molar-refractivity contribution in [1.82, 2.24) is 0 Å². The first kappa shape index (κ1) is 20.0. The van der Waals surface area contributed by atoms with Crippen LogP contribution >= 0.6 is 0 Å². The molecule has 4 aromatic carbocycles. The van der Waals surface area contributed by atoms with Crippen molar-refractivity contribution in [1.29, 1.82) is 0 Å². The summed E-state index contributed by atoms with van der Waals surface area (Å²) in [4.78, 5) is 0. The Bertz CT molecular complexity index is 1140. The number of nitrogens with one attached hydrogen (secondary N) is 1. The molecule has 0 heterocycles. The molecular weight excluding hydrogens is 362 g/mol. The van der Waals surface area contributed by atoms with Crippen molar-refractivity contribution in [3.05, 3.63) is 108 Å². The van der Waals surface area contributed by atoms with E-state index in [2.05, 4.69) is 110 Å². The molecule has 1 nitrogen and oxygen atoms in total. The third-order valence-electron chi connectivity index (χ3n) is 5.85. The summed E-state index contributed by atoms with van der Waals surface area (Å²) in [6.45, 7) is 8.66. The predicted molar refractivity (Wildman–Crippen MR) is 131 cm³/mol. The first-order valence-electron chi connectivity index (χ1n) is 10.8. The molecule has 0 aromatic heterocycles. The Morgan fingerprint density at radius 2 is 1.10 bits per heavy atom. The van der Waals surface area contributed by atoms with Crippen molar-refractivity contribution >= 4 is 11.4 Å². The van der Waals surface area contributed by atoms with Crippen LogP contribution in [0, 0.1) is 0 Å². The highest BCUT2D eigenvalue weighted by Gasteiger charge is 2.35. The molecule has 1 aliphatic carbocycles. The molecule has 0 radical (unpaired) electrons. The quantitative estimate of drug-likeness (QED) is 0.369. The van der Waals surface area contributed by atoms with E-state index in [1.807, 2.05) is 19.9 Å². The molecule has 0 saturated heterocycles. The SMILES string of the molecule is CC.CC1(C)c2cc(Nc3ccccc3)ccc2-c2ccc(-c3ccccc3)cc21. The van der Waals surface area contributed by atoms with E-state index >= 15 is 0 Å². The lowest BCUT2D eigenvalue weighted by Crippen LogP contribution is -2.15. The normalized spacial score (nSPS) is 12.9. The van der Waals surface area contributed by atoms with Gasteiger partial charge in [0.15, 0.2) is 0 Å². The van der Waals surface area contributed by atoms with Gasteiger partial charge in [-0.05, 0) is 63.7 Å². The molecule has 1 heteroatoms. The molecule has 0 bridgehead atoms. The number of benzene rings is 4. The molecule has 1 aliphatic rings. The summed E-state index contributed by atoms with van der Waals surface area (Å²) in [6.07, 6.45) is 0. The van der Waals surface area contributed by atoms with E-state index in [-0.39, 0.29) is 5.41 Å². The van der Waals surface area contributed by atoms with Crippen LogP contribution in [0.5, 0.6) is 0 Å². The van der Waals surface area contributed by atoms with Gasteiger partial charge < -0.3 is 5.32 Å². The molecule has 1 N–H and O–H groups in total. The summed E-state index contributed by atoms with van der Waals surface area (Å²) in [7, 11) is 0. The van der Waals surface area contributed by atoms with Gasteiger partial charge in [0.25, 0.3) is 0 Å². The Morgan fingerprint density at radius 3 is 1.77 bits per heavy atom. The summed E-state index contributed by atoms with van der Waals surface area (Å²) in [5.41, 5.74) is 10.3. The molecule has 30 heavy (non-hydrogen) atoms. The fraction of sp³-hybridized carbons (Fsp3) is 0.172. The maximum Gasteiger partial charge on any atom is 0.0387 e.